The maximum absolute atomic E-state index is 12.8. The van der Waals surface area contributed by atoms with E-state index in [0.717, 1.165) is 44.2 Å². The summed E-state index contributed by atoms with van der Waals surface area (Å²) in [4.78, 5) is 0. The van der Waals surface area contributed by atoms with E-state index < -0.39 is 24.7 Å². The Morgan fingerprint density at radius 3 is 2.17 bits per heavy atom. The van der Waals surface area contributed by atoms with Gasteiger partial charge in [-0.15, -0.1) is 0 Å². The van der Waals surface area contributed by atoms with Gasteiger partial charge in [-0.2, -0.15) is 17.6 Å². The van der Waals surface area contributed by atoms with Gasteiger partial charge in [-0.25, -0.2) is 0 Å². The standard InChI is InChI=1S/C16H21F4NO2/c17-15(18)16(19,20)23-12-8-6-10(7-9-12)13(21)14(22)11-4-2-1-3-5-11/h6-9,11,13-15,22H,1-5,21H2/t13-,14+/m0/s1. The second-order valence-corrected chi connectivity index (χ2v) is 5.95. The molecular weight excluding hydrogens is 314 g/mol. The molecule has 0 spiro atoms. The van der Waals surface area contributed by atoms with Gasteiger partial charge in [0.1, 0.15) is 5.75 Å². The topological polar surface area (TPSA) is 55.5 Å². The molecule has 0 unspecified atom stereocenters. The second kappa shape index (κ2) is 7.49. The molecule has 3 nitrogen and oxygen atoms in total. The Morgan fingerprint density at radius 1 is 1.09 bits per heavy atom. The van der Waals surface area contributed by atoms with Crippen molar-refractivity contribution in [1.82, 2.24) is 0 Å². The molecule has 0 aliphatic heterocycles. The van der Waals surface area contributed by atoms with Crippen LogP contribution < -0.4 is 10.5 Å². The third-order valence-corrected chi connectivity index (χ3v) is 4.27. The van der Waals surface area contributed by atoms with Gasteiger partial charge in [-0.1, -0.05) is 31.4 Å². The number of hydrogen-bond acceptors (Lipinski definition) is 3. The highest BCUT2D eigenvalue weighted by Crippen LogP contribution is 2.32. The third kappa shape index (κ3) is 4.57. The summed E-state index contributed by atoms with van der Waals surface area (Å²) in [6, 6.07) is 4.47. The van der Waals surface area contributed by atoms with Crippen LogP contribution in [-0.2, 0) is 0 Å². The minimum absolute atomic E-state index is 0.123. The number of benzene rings is 1. The van der Waals surface area contributed by atoms with E-state index in [0.29, 0.717) is 5.56 Å². The van der Waals surface area contributed by atoms with E-state index in [-0.39, 0.29) is 11.7 Å². The van der Waals surface area contributed by atoms with Crippen LogP contribution in [0.25, 0.3) is 0 Å². The van der Waals surface area contributed by atoms with Crippen LogP contribution in [-0.4, -0.2) is 23.7 Å². The lowest BCUT2D eigenvalue weighted by molar-refractivity contribution is -0.253. The smallest absolute Gasteiger partial charge is 0.428 e. The molecule has 0 heterocycles. The first kappa shape index (κ1) is 18.0. The highest BCUT2D eigenvalue weighted by atomic mass is 19.3. The van der Waals surface area contributed by atoms with Gasteiger partial charge in [0.25, 0.3) is 0 Å². The van der Waals surface area contributed by atoms with E-state index in [4.69, 9.17) is 5.73 Å². The molecule has 1 aliphatic rings. The van der Waals surface area contributed by atoms with Gasteiger partial charge in [0.2, 0.25) is 0 Å². The Morgan fingerprint density at radius 2 is 1.65 bits per heavy atom. The molecule has 1 saturated carbocycles. The van der Waals surface area contributed by atoms with Crippen molar-refractivity contribution in [2.24, 2.45) is 11.7 Å². The molecule has 1 aliphatic carbocycles. The van der Waals surface area contributed by atoms with Gasteiger partial charge in [0.15, 0.2) is 0 Å². The Kier molecular flexibility index (Phi) is 5.86. The van der Waals surface area contributed by atoms with Gasteiger partial charge < -0.3 is 15.6 Å². The van der Waals surface area contributed by atoms with Crippen LogP contribution in [0.4, 0.5) is 17.6 Å². The first-order valence-corrected chi connectivity index (χ1v) is 7.70. The van der Waals surface area contributed by atoms with Crippen LogP contribution in [0, 0.1) is 5.92 Å². The van der Waals surface area contributed by atoms with Gasteiger partial charge >= 0.3 is 12.5 Å². The summed E-state index contributed by atoms with van der Waals surface area (Å²) in [7, 11) is 0. The minimum atomic E-state index is -4.54. The predicted molar refractivity (Wildman–Crippen MR) is 77.5 cm³/mol. The van der Waals surface area contributed by atoms with Crippen molar-refractivity contribution in [1.29, 1.82) is 0 Å². The summed E-state index contributed by atoms with van der Waals surface area (Å²) in [5, 5.41) is 10.3. The number of alkyl halides is 4. The molecule has 2 rings (SSSR count). The summed E-state index contributed by atoms with van der Waals surface area (Å²) >= 11 is 0. The molecule has 1 fully saturated rings. The van der Waals surface area contributed by atoms with Gasteiger partial charge in [-0.3, -0.25) is 0 Å². The summed E-state index contributed by atoms with van der Waals surface area (Å²) in [5.41, 5.74) is 6.59. The molecule has 7 heteroatoms. The van der Waals surface area contributed by atoms with E-state index in [1.165, 1.54) is 12.1 Å². The van der Waals surface area contributed by atoms with Crippen molar-refractivity contribution in [3.63, 3.8) is 0 Å². The SMILES string of the molecule is N[C@@H](c1ccc(OC(F)(F)C(F)F)cc1)[C@H](O)C1CCCCC1. The fourth-order valence-corrected chi connectivity index (χ4v) is 2.93. The predicted octanol–water partition coefficient (Wildman–Crippen LogP) is 3.86. The maximum Gasteiger partial charge on any atom is 0.461 e. The van der Waals surface area contributed by atoms with Crippen LogP contribution in [0.2, 0.25) is 0 Å². The Balaban J connectivity index is 2.00. The van der Waals surface area contributed by atoms with E-state index in [1.807, 2.05) is 0 Å². The lowest BCUT2D eigenvalue weighted by atomic mass is 9.81. The molecule has 2 atom stereocenters. The van der Waals surface area contributed by atoms with Crippen molar-refractivity contribution in [2.75, 3.05) is 0 Å². The van der Waals surface area contributed by atoms with Crippen molar-refractivity contribution in [2.45, 2.75) is 56.8 Å². The van der Waals surface area contributed by atoms with Gasteiger partial charge in [0.05, 0.1) is 12.1 Å². The monoisotopic (exact) mass is 335 g/mol. The summed E-state index contributed by atoms with van der Waals surface area (Å²) in [6.07, 6.45) is -4.06. The van der Waals surface area contributed by atoms with Crippen LogP contribution >= 0.6 is 0 Å². The van der Waals surface area contributed by atoms with Crippen molar-refractivity contribution >= 4 is 0 Å². The fraction of sp³-hybridized carbons (Fsp3) is 0.625. The van der Waals surface area contributed by atoms with Crippen LogP contribution in [0.5, 0.6) is 5.75 Å². The van der Waals surface area contributed by atoms with Gasteiger partial charge in [0, 0.05) is 0 Å². The van der Waals surface area contributed by atoms with Crippen LogP contribution in [0.3, 0.4) is 0 Å². The highest BCUT2D eigenvalue weighted by molar-refractivity contribution is 5.30. The number of nitrogens with two attached hydrogens (primary N) is 1. The van der Waals surface area contributed by atoms with E-state index >= 15 is 0 Å². The average molecular weight is 335 g/mol. The minimum Gasteiger partial charge on any atom is -0.428 e. The molecule has 0 aromatic heterocycles. The number of rotatable bonds is 6. The van der Waals surface area contributed by atoms with Crippen molar-refractivity contribution < 1.29 is 27.4 Å². The first-order chi connectivity index (χ1) is 10.8. The molecule has 0 bridgehead atoms. The number of halogens is 4. The largest absolute Gasteiger partial charge is 0.461 e. The first-order valence-electron chi connectivity index (χ1n) is 7.70. The molecule has 3 N–H and O–H groups in total. The van der Waals surface area contributed by atoms with E-state index in [9.17, 15) is 22.7 Å². The van der Waals surface area contributed by atoms with Gasteiger partial charge in [-0.05, 0) is 36.5 Å². The highest BCUT2D eigenvalue weighted by Gasteiger charge is 2.44. The molecule has 1 aromatic carbocycles. The molecule has 0 amide bonds. The number of aliphatic hydroxyl groups is 1. The summed E-state index contributed by atoms with van der Waals surface area (Å²) < 4.78 is 53.8. The number of ether oxygens (including phenoxy) is 1. The average Bonchev–Trinajstić information content (AvgIpc) is 2.54. The lowest BCUT2D eigenvalue weighted by Gasteiger charge is -2.30. The number of hydrogen-bond donors (Lipinski definition) is 2. The summed E-state index contributed by atoms with van der Waals surface area (Å²) in [6.45, 7) is 0. The lowest BCUT2D eigenvalue weighted by Crippen LogP contribution is -2.34. The number of aliphatic hydroxyl groups excluding tert-OH is 1. The van der Waals surface area contributed by atoms with Crippen LogP contribution in [0.1, 0.15) is 43.7 Å². The molecule has 130 valence electrons. The fourth-order valence-electron chi connectivity index (χ4n) is 2.93. The molecule has 0 saturated heterocycles. The molecule has 1 aromatic rings. The molecule has 23 heavy (non-hydrogen) atoms. The molecule has 0 radical (unpaired) electrons. The quantitative estimate of drug-likeness (QED) is 0.776. The van der Waals surface area contributed by atoms with Crippen molar-refractivity contribution in [3.05, 3.63) is 29.8 Å². The van der Waals surface area contributed by atoms with E-state index in [1.54, 1.807) is 0 Å². The zero-order valence-electron chi connectivity index (χ0n) is 12.6. The molecular formula is C16H21F4NO2. The Bertz CT molecular complexity index is 489. The Hall–Kier alpha value is -1.34. The Labute approximate surface area is 132 Å². The zero-order chi connectivity index (χ0) is 17.0. The zero-order valence-corrected chi connectivity index (χ0v) is 12.6. The van der Waals surface area contributed by atoms with E-state index in [2.05, 4.69) is 4.74 Å². The third-order valence-electron chi connectivity index (χ3n) is 4.27. The summed E-state index contributed by atoms with van der Waals surface area (Å²) in [5.74, 6) is -0.253. The van der Waals surface area contributed by atoms with Crippen LogP contribution in [0.15, 0.2) is 24.3 Å². The second-order valence-electron chi connectivity index (χ2n) is 5.95. The normalized spacial score (nSPS) is 19.6. The maximum atomic E-state index is 12.8. The van der Waals surface area contributed by atoms with Crippen molar-refractivity contribution in [3.8, 4) is 5.75 Å².